The average Bonchev–Trinajstić information content (AvgIpc) is 2.98. The lowest BCUT2D eigenvalue weighted by molar-refractivity contribution is -0.138. The van der Waals surface area contributed by atoms with Crippen LogP contribution in [0.5, 0.6) is 5.88 Å². The quantitative estimate of drug-likeness (QED) is 0.556. The number of aromatic nitrogens is 2. The summed E-state index contributed by atoms with van der Waals surface area (Å²) in [7, 11) is 0. The number of nitrogen functional groups attached to an aromatic ring is 1. The number of nitrogens with two attached hydrogens (primary N) is 1. The lowest BCUT2D eigenvalue weighted by atomic mass is 9.77. The molecule has 1 saturated carbocycles. The molecule has 1 aromatic heterocycles. The summed E-state index contributed by atoms with van der Waals surface area (Å²) in [6.45, 7) is 5.09. The number of nitrogens with zero attached hydrogens (tertiary/aromatic N) is 3. The van der Waals surface area contributed by atoms with Gasteiger partial charge < -0.3 is 20.5 Å². The number of aryl methyl sites for hydroxylation is 1. The van der Waals surface area contributed by atoms with Gasteiger partial charge in [-0.25, -0.2) is 4.98 Å². The molecule has 3 N–H and O–H groups in total. The van der Waals surface area contributed by atoms with Crippen molar-refractivity contribution in [2.24, 2.45) is 11.8 Å². The van der Waals surface area contributed by atoms with E-state index in [2.05, 4.69) is 35.9 Å². The van der Waals surface area contributed by atoms with Crippen molar-refractivity contribution in [3.8, 4) is 5.88 Å². The van der Waals surface area contributed by atoms with Gasteiger partial charge in [-0.05, 0) is 67.6 Å². The van der Waals surface area contributed by atoms with Crippen molar-refractivity contribution in [1.82, 2.24) is 9.97 Å². The van der Waals surface area contributed by atoms with Crippen LogP contribution in [-0.4, -0.2) is 40.1 Å². The molecule has 1 aliphatic carbocycles. The largest absolute Gasteiger partial charge is 0.481 e. The first-order chi connectivity index (χ1) is 16.8. The van der Waals surface area contributed by atoms with E-state index in [0.29, 0.717) is 37.2 Å². The zero-order valence-corrected chi connectivity index (χ0v) is 20.7. The lowest BCUT2D eigenvalue weighted by Gasteiger charge is -2.28. The molecule has 1 aliphatic heterocycles. The Morgan fingerprint density at radius 3 is 2.54 bits per heavy atom. The van der Waals surface area contributed by atoms with E-state index in [1.165, 1.54) is 5.56 Å². The number of carboxylic acids is 1. The summed E-state index contributed by atoms with van der Waals surface area (Å²) in [5.74, 6) is 1.42. The van der Waals surface area contributed by atoms with E-state index in [-0.39, 0.29) is 35.5 Å². The van der Waals surface area contributed by atoms with Crippen LogP contribution in [0, 0.1) is 11.8 Å². The van der Waals surface area contributed by atoms with Crippen LogP contribution >= 0.6 is 0 Å². The molecule has 1 amide bonds. The van der Waals surface area contributed by atoms with Crippen LogP contribution in [0.1, 0.15) is 86.5 Å². The summed E-state index contributed by atoms with van der Waals surface area (Å²) in [6.07, 6.45) is 6.88. The Hall–Kier alpha value is -3.16. The second kappa shape index (κ2) is 11.1. The van der Waals surface area contributed by atoms with E-state index in [0.717, 1.165) is 44.2 Å². The Labute approximate surface area is 206 Å². The third-order valence-corrected chi connectivity index (χ3v) is 7.13. The van der Waals surface area contributed by atoms with Gasteiger partial charge in [0.15, 0.2) is 0 Å². The maximum atomic E-state index is 13.4. The predicted molar refractivity (Wildman–Crippen MR) is 135 cm³/mol. The number of carbonyl (C=O) groups is 2. The summed E-state index contributed by atoms with van der Waals surface area (Å²) in [4.78, 5) is 35.0. The number of carbonyl (C=O) groups excluding carboxylic acids is 1. The first-order valence-electron chi connectivity index (χ1n) is 12.7. The van der Waals surface area contributed by atoms with Crippen molar-refractivity contribution in [2.45, 2.75) is 71.1 Å². The number of benzene rings is 1. The van der Waals surface area contributed by atoms with Gasteiger partial charge in [-0.3, -0.25) is 9.59 Å². The number of rotatable bonds is 8. The maximum absolute atomic E-state index is 13.4. The molecular weight excluding hydrogens is 444 g/mol. The normalized spacial score (nSPS) is 20.3. The minimum Gasteiger partial charge on any atom is -0.481 e. The molecule has 0 saturated heterocycles. The minimum absolute atomic E-state index is 0.168. The van der Waals surface area contributed by atoms with Crippen LogP contribution in [0.25, 0.3) is 0 Å². The van der Waals surface area contributed by atoms with Crippen LogP contribution in [0.3, 0.4) is 0 Å². The smallest absolute Gasteiger partial charge is 0.303 e. The topological polar surface area (TPSA) is 119 Å². The molecule has 1 aromatic carbocycles. The fourth-order valence-corrected chi connectivity index (χ4v) is 5.18. The number of anilines is 2. The van der Waals surface area contributed by atoms with Crippen LogP contribution in [0.15, 0.2) is 24.3 Å². The first-order valence-corrected chi connectivity index (χ1v) is 12.7. The number of aliphatic carboxylic acids is 1. The molecule has 2 heterocycles. The van der Waals surface area contributed by atoms with Gasteiger partial charge >= 0.3 is 5.97 Å². The predicted octanol–water partition coefficient (Wildman–Crippen LogP) is 4.83. The highest BCUT2D eigenvalue weighted by atomic mass is 16.5. The van der Waals surface area contributed by atoms with Crippen molar-refractivity contribution in [3.05, 3.63) is 41.2 Å². The lowest BCUT2D eigenvalue weighted by Crippen LogP contribution is -2.32. The molecule has 4 rings (SSSR count). The van der Waals surface area contributed by atoms with Crippen LogP contribution in [0.2, 0.25) is 0 Å². The number of ether oxygens (including phenoxy) is 1. The first kappa shape index (κ1) is 24.9. The molecule has 1 fully saturated rings. The highest BCUT2D eigenvalue weighted by Gasteiger charge is 2.30. The molecule has 0 bridgehead atoms. The fraction of sp³-hybridized carbons (Fsp3) is 0.556. The van der Waals surface area contributed by atoms with Crippen molar-refractivity contribution < 1.29 is 19.4 Å². The molecule has 8 nitrogen and oxygen atoms in total. The van der Waals surface area contributed by atoms with Gasteiger partial charge in [-0.1, -0.05) is 32.4 Å². The standard InChI is InChI=1S/C27H36N4O4/c1-17(2)4-3-5-22-29-25(28)24-26(30-22)35-15-14-31(27(24)34)21-12-10-20(11-13-21)19-8-6-18(7-9-19)16-23(32)33/h10-13,17-19H,3-9,14-16H2,1-2H3,(H,32,33)(H2,28,29,30). The average molecular weight is 481 g/mol. The molecule has 2 aromatic rings. The Morgan fingerprint density at radius 2 is 1.89 bits per heavy atom. The molecule has 0 radical (unpaired) electrons. The zero-order chi connectivity index (χ0) is 24.9. The summed E-state index contributed by atoms with van der Waals surface area (Å²) >= 11 is 0. The molecule has 0 unspecified atom stereocenters. The molecular formula is C27H36N4O4. The van der Waals surface area contributed by atoms with Gasteiger partial charge in [0.05, 0.1) is 6.54 Å². The van der Waals surface area contributed by atoms with Crippen LogP contribution in [0.4, 0.5) is 11.5 Å². The van der Waals surface area contributed by atoms with Crippen molar-refractivity contribution in [1.29, 1.82) is 0 Å². The third-order valence-electron chi connectivity index (χ3n) is 7.13. The second-order valence-corrected chi connectivity index (χ2v) is 10.2. The van der Waals surface area contributed by atoms with Gasteiger partial charge in [-0.15, -0.1) is 0 Å². The van der Waals surface area contributed by atoms with E-state index in [9.17, 15) is 9.59 Å². The molecule has 0 spiro atoms. The third kappa shape index (κ3) is 6.10. The number of amides is 1. The van der Waals surface area contributed by atoms with Crippen LogP contribution < -0.4 is 15.4 Å². The van der Waals surface area contributed by atoms with E-state index in [1.807, 2.05) is 12.1 Å². The van der Waals surface area contributed by atoms with Crippen molar-refractivity contribution in [3.63, 3.8) is 0 Å². The highest BCUT2D eigenvalue weighted by Crippen LogP contribution is 2.38. The Balaban J connectivity index is 1.45. The summed E-state index contributed by atoms with van der Waals surface area (Å²) in [5.41, 5.74) is 8.47. The molecule has 2 aliphatic rings. The Kier molecular flexibility index (Phi) is 7.88. The van der Waals surface area contributed by atoms with Gasteiger partial charge in [0, 0.05) is 18.5 Å². The van der Waals surface area contributed by atoms with Gasteiger partial charge in [-0.2, -0.15) is 4.98 Å². The highest BCUT2D eigenvalue weighted by molar-refractivity contribution is 6.10. The number of carboxylic acid groups (broad SMARTS) is 1. The second-order valence-electron chi connectivity index (χ2n) is 10.2. The van der Waals surface area contributed by atoms with Gasteiger partial charge in [0.2, 0.25) is 5.88 Å². The van der Waals surface area contributed by atoms with Gasteiger partial charge in [0.25, 0.3) is 5.91 Å². The number of hydrogen-bond acceptors (Lipinski definition) is 6. The van der Waals surface area contributed by atoms with E-state index >= 15 is 0 Å². The minimum atomic E-state index is -0.709. The van der Waals surface area contributed by atoms with Crippen molar-refractivity contribution >= 4 is 23.4 Å². The summed E-state index contributed by atoms with van der Waals surface area (Å²) in [5, 5.41) is 9.03. The van der Waals surface area contributed by atoms with Gasteiger partial charge in [0.1, 0.15) is 23.8 Å². The monoisotopic (exact) mass is 480 g/mol. The number of hydrogen-bond donors (Lipinski definition) is 2. The SMILES string of the molecule is CC(C)CCCc1nc(N)c2c(n1)OCCN(c1ccc(C3CCC(CC(=O)O)CC3)cc1)C2=O. The number of fused-ring (bicyclic) bond motifs is 1. The molecule has 35 heavy (non-hydrogen) atoms. The van der Waals surface area contributed by atoms with Crippen LogP contribution in [-0.2, 0) is 11.2 Å². The summed E-state index contributed by atoms with van der Waals surface area (Å²) in [6, 6.07) is 8.10. The van der Waals surface area contributed by atoms with Crippen molar-refractivity contribution in [2.75, 3.05) is 23.8 Å². The maximum Gasteiger partial charge on any atom is 0.303 e. The fourth-order valence-electron chi connectivity index (χ4n) is 5.18. The Bertz CT molecular complexity index is 1050. The van der Waals surface area contributed by atoms with E-state index in [1.54, 1.807) is 4.90 Å². The Morgan fingerprint density at radius 1 is 1.17 bits per heavy atom. The van der Waals surface area contributed by atoms with E-state index in [4.69, 9.17) is 15.6 Å². The molecule has 0 atom stereocenters. The van der Waals surface area contributed by atoms with E-state index < -0.39 is 5.97 Å². The summed E-state index contributed by atoms with van der Waals surface area (Å²) < 4.78 is 5.84. The zero-order valence-electron chi connectivity index (χ0n) is 20.7. The molecule has 188 valence electrons. The molecule has 8 heteroatoms.